The standard InChI is InChI=1S/C7H4F2N2O5/c8-5(9)4-3(12)1-2(7(13)14)10-6(4)11(15)16/h1,5H,(H,10,12)(H,13,14). The van der Waals surface area contributed by atoms with Gasteiger partial charge in [-0.25, -0.2) is 18.6 Å². The Labute approximate surface area is 85.5 Å². The molecule has 0 aromatic carbocycles. The number of nitrogens with one attached hydrogen (secondary N) is 1. The van der Waals surface area contributed by atoms with Crippen molar-refractivity contribution in [2.24, 2.45) is 0 Å². The zero-order valence-electron chi connectivity index (χ0n) is 7.44. The van der Waals surface area contributed by atoms with Gasteiger partial charge in [-0.05, 0) is 4.92 Å². The average molecular weight is 234 g/mol. The minimum atomic E-state index is -3.35. The minimum Gasteiger partial charge on any atom is -0.475 e. The van der Waals surface area contributed by atoms with Crippen LogP contribution in [0.4, 0.5) is 14.6 Å². The second-order valence-corrected chi connectivity index (χ2v) is 2.67. The van der Waals surface area contributed by atoms with E-state index in [4.69, 9.17) is 5.11 Å². The van der Waals surface area contributed by atoms with Crippen LogP contribution in [0.15, 0.2) is 10.9 Å². The Balaban J connectivity index is 3.59. The topological polar surface area (TPSA) is 113 Å². The van der Waals surface area contributed by atoms with Crippen molar-refractivity contribution in [2.75, 3.05) is 0 Å². The molecule has 0 aliphatic carbocycles. The van der Waals surface area contributed by atoms with E-state index in [0.717, 1.165) is 0 Å². The summed E-state index contributed by atoms with van der Waals surface area (Å²) in [6.45, 7) is 0. The SMILES string of the molecule is O=C(O)c1cc(=O)c(C(F)F)c([N+](=O)[O-])[nH]1. The Morgan fingerprint density at radius 2 is 2.12 bits per heavy atom. The van der Waals surface area contributed by atoms with E-state index in [1.54, 1.807) is 4.98 Å². The first kappa shape index (κ1) is 11.8. The minimum absolute atomic E-state index is 0.372. The van der Waals surface area contributed by atoms with Crippen LogP contribution in [-0.2, 0) is 0 Å². The first-order chi connectivity index (χ1) is 7.34. The molecule has 0 saturated heterocycles. The Hall–Kier alpha value is -2.32. The van der Waals surface area contributed by atoms with Gasteiger partial charge in [0.15, 0.2) is 5.56 Å². The Morgan fingerprint density at radius 1 is 1.56 bits per heavy atom. The summed E-state index contributed by atoms with van der Waals surface area (Å²) in [6.07, 6.45) is -3.35. The number of nitrogens with zero attached hydrogens (tertiary/aromatic N) is 1. The number of halogens is 2. The summed E-state index contributed by atoms with van der Waals surface area (Å²) < 4.78 is 24.6. The second kappa shape index (κ2) is 4.04. The summed E-state index contributed by atoms with van der Waals surface area (Å²) in [4.78, 5) is 32.2. The van der Waals surface area contributed by atoms with Crippen molar-refractivity contribution in [3.05, 3.63) is 37.7 Å². The smallest absolute Gasteiger partial charge is 0.376 e. The van der Waals surface area contributed by atoms with E-state index >= 15 is 0 Å². The molecule has 0 amide bonds. The van der Waals surface area contributed by atoms with Gasteiger partial charge < -0.3 is 15.2 Å². The molecule has 1 aromatic rings. The molecule has 0 fully saturated rings. The molecule has 2 N–H and O–H groups in total. The first-order valence-corrected chi connectivity index (χ1v) is 3.77. The van der Waals surface area contributed by atoms with Gasteiger partial charge in [-0.3, -0.25) is 4.79 Å². The molecule has 1 heterocycles. The van der Waals surface area contributed by atoms with E-state index < -0.39 is 39.8 Å². The van der Waals surface area contributed by atoms with Crippen molar-refractivity contribution >= 4 is 11.8 Å². The highest BCUT2D eigenvalue weighted by atomic mass is 19.3. The fourth-order valence-electron chi connectivity index (χ4n) is 1.03. The van der Waals surface area contributed by atoms with Gasteiger partial charge in [0.2, 0.25) is 11.1 Å². The zero-order valence-corrected chi connectivity index (χ0v) is 7.44. The molecule has 16 heavy (non-hydrogen) atoms. The lowest BCUT2D eigenvalue weighted by molar-refractivity contribution is -0.391. The summed E-state index contributed by atoms with van der Waals surface area (Å²) in [5, 5.41) is 18.8. The Morgan fingerprint density at radius 3 is 2.50 bits per heavy atom. The number of nitro groups is 1. The molecule has 0 aliphatic rings. The lowest BCUT2D eigenvalue weighted by atomic mass is 10.2. The fourth-order valence-corrected chi connectivity index (χ4v) is 1.03. The van der Waals surface area contributed by atoms with E-state index in [0.29, 0.717) is 6.07 Å². The summed E-state index contributed by atoms with van der Waals surface area (Å²) in [5.74, 6) is -2.96. The number of pyridine rings is 1. The predicted molar refractivity (Wildman–Crippen MR) is 45.6 cm³/mol. The van der Waals surface area contributed by atoms with Crippen LogP contribution in [0, 0.1) is 10.1 Å². The maximum Gasteiger partial charge on any atom is 0.376 e. The normalized spacial score (nSPS) is 10.4. The maximum atomic E-state index is 12.3. The molecule has 9 heteroatoms. The third-order valence-corrected chi connectivity index (χ3v) is 1.68. The molecule has 0 saturated carbocycles. The van der Waals surface area contributed by atoms with Gasteiger partial charge >= 0.3 is 11.8 Å². The Bertz CT molecular complexity index is 510. The van der Waals surface area contributed by atoms with Gasteiger partial charge in [0.05, 0.1) is 0 Å². The highest BCUT2D eigenvalue weighted by molar-refractivity contribution is 5.85. The van der Waals surface area contributed by atoms with Crippen LogP contribution in [0.25, 0.3) is 0 Å². The predicted octanol–water partition coefficient (Wildman–Crippen LogP) is 0.919. The molecular formula is C7H4F2N2O5. The van der Waals surface area contributed by atoms with Crippen molar-refractivity contribution in [3.63, 3.8) is 0 Å². The number of carboxylic acid groups (broad SMARTS) is 1. The highest BCUT2D eigenvalue weighted by Crippen LogP contribution is 2.23. The van der Waals surface area contributed by atoms with E-state index in [9.17, 15) is 28.5 Å². The number of aromatic amines is 1. The molecule has 1 rings (SSSR count). The van der Waals surface area contributed by atoms with Crippen LogP contribution in [0.3, 0.4) is 0 Å². The van der Waals surface area contributed by atoms with Gasteiger partial charge in [0.1, 0.15) is 0 Å². The van der Waals surface area contributed by atoms with Gasteiger partial charge in [0, 0.05) is 6.07 Å². The summed E-state index contributed by atoms with van der Waals surface area (Å²) in [6, 6.07) is 0.372. The second-order valence-electron chi connectivity index (χ2n) is 2.67. The van der Waals surface area contributed by atoms with E-state index in [1.165, 1.54) is 0 Å². The summed E-state index contributed by atoms with van der Waals surface area (Å²) in [7, 11) is 0. The van der Waals surface area contributed by atoms with Crippen LogP contribution in [0.2, 0.25) is 0 Å². The first-order valence-electron chi connectivity index (χ1n) is 3.77. The van der Waals surface area contributed by atoms with Crippen LogP contribution in [0.1, 0.15) is 22.5 Å². The molecule has 0 radical (unpaired) electrons. The molecule has 86 valence electrons. The number of aromatic carboxylic acids is 1. The summed E-state index contributed by atoms with van der Waals surface area (Å²) in [5.41, 5.74) is -3.56. The number of rotatable bonds is 3. The molecule has 7 nitrogen and oxygen atoms in total. The van der Waals surface area contributed by atoms with Crippen LogP contribution < -0.4 is 5.43 Å². The average Bonchev–Trinajstić information content (AvgIpc) is 2.15. The molecule has 0 spiro atoms. The van der Waals surface area contributed by atoms with Gasteiger partial charge in [-0.1, -0.05) is 0 Å². The van der Waals surface area contributed by atoms with Crippen molar-refractivity contribution in [1.82, 2.24) is 4.98 Å². The van der Waals surface area contributed by atoms with Gasteiger partial charge in [-0.2, -0.15) is 0 Å². The van der Waals surface area contributed by atoms with Gasteiger partial charge in [0.25, 0.3) is 6.43 Å². The van der Waals surface area contributed by atoms with Crippen LogP contribution >= 0.6 is 0 Å². The van der Waals surface area contributed by atoms with Crippen molar-refractivity contribution in [2.45, 2.75) is 6.43 Å². The lowest BCUT2D eigenvalue weighted by Gasteiger charge is -2.02. The number of carbonyl (C=O) groups is 1. The van der Waals surface area contributed by atoms with Crippen molar-refractivity contribution in [1.29, 1.82) is 0 Å². The molecule has 0 atom stereocenters. The number of carboxylic acids is 1. The molecule has 0 unspecified atom stereocenters. The van der Waals surface area contributed by atoms with Crippen molar-refractivity contribution < 1.29 is 23.6 Å². The zero-order chi connectivity index (χ0) is 12.5. The molecular weight excluding hydrogens is 230 g/mol. The maximum absolute atomic E-state index is 12.3. The lowest BCUT2D eigenvalue weighted by Crippen LogP contribution is -2.17. The summed E-state index contributed by atoms with van der Waals surface area (Å²) >= 11 is 0. The van der Waals surface area contributed by atoms with E-state index in [1.807, 2.05) is 0 Å². The van der Waals surface area contributed by atoms with Crippen LogP contribution in [0.5, 0.6) is 0 Å². The third kappa shape index (κ3) is 2.02. The Kier molecular flexibility index (Phi) is 2.97. The van der Waals surface area contributed by atoms with E-state index in [-0.39, 0.29) is 0 Å². The monoisotopic (exact) mass is 234 g/mol. The highest BCUT2D eigenvalue weighted by Gasteiger charge is 2.27. The number of alkyl halides is 2. The van der Waals surface area contributed by atoms with Gasteiger partial charge in [-0.15, -0.1) is 0 Å². The quantitative estimate of drug-likeness (QED) is 0.596. The number of hydrogen-bond donors (Lipinski definition) is 2. The molecule has 0 bridgehead atoms. The number of H-pyrrole nitrogens is 1. The van der Waals surface area contributed by atoms with Crippen LogP contribution in [-0.4, -0.2) is 21.0 Å². The van der Waals surface area contributed by atoms with E-state index in [2.05, 4.69) is 0 Å². The largest absolute Gasteiger partial charge is 0.475 e. The fraction of sp³-hybridized carbons (Fsp3) is 0.143. The number of hydrogen-bond acceptors (Lipinski definition) is 4. The third-order valence-electron chi connectivity index (χ3n) is 1.68. The molecule has 1 aromatic heterocycles. The molecule has 0 aliphatic heterocycles. The van der Waals surface area contributed by atoms with Crippen molar-refractivity contribution in [3.8, 4) is 0 Å². The number of aromatic nitrogens is 1.